The molecule has 0 bridgehead atoms. The van der Waals surface area contributed by atoms with Crippen LogP contribution in [-0.2, 0) is 6.42 Å². The first-order chi connectivity index (χ1) is 8.04. The largest absolute Gasteiger partial charge is 0.386 e. The first-order valence-corrected chi connectivity index (χ1v) is 5.83. The highest BCUT2D eigenvalue weighted by Gasteiger charge is 2.17. The minimum atomic E-state index is -2.70. The van der Waals surface area contributed by atoms with E-state index in [4.69, 9.17) is 5.11 Å². The number of hydrogen-bond donors (Lipinski definition) is 2. The fourth-order valence-corrected chi connectivity index (χ4v) is 1.55. The summed E-state index contributed by atoms with van der Waals surface area (Å²) in [5.41, 5.74) is 2.28. The van der Waals surface area contributed by atoms with Crippen LogP contribution < -0.4 is 5.32 Å². The second kappa shape index (κ2) is 6.67. The molecular weight excluding hydrogens is 224 g/mol. The van der Waals surface area contributed by atoms with Crippen molar-refractivity contribution in [3.63, 3.8) is 0 Å². The molecule has 0 aromatic heterocycles. The van der Waals surface area contributed by atoms with Crippen molar-refractivity contribution in [3.8, 4) is 0 Å². The van der Waals surface area contributed by atoms with E-state index < -0.39 is 12.5 Å². The third-order valence-corrected chi connectivity index (χ3v) is 2.81. The molecule has 1 rings (SSSR count). The highest BCUT2D eigenvalue weighted by atomic mass is 19.3. The fraction of sp³-hybridized carbons (Fsp3) is 0.538. The van der Waals surface area contributed by atoms with Gasteiger partial charge in [-0.05, 0) is 24.5 Å². The number of aryl methyl sites for hydroxylation is 1. The maximum absolute atomic E-state index is 12.1. The van der Waals surface area contributed by atoms with Gasteiger partial charge in [0.25, 0.3) is 6.43 Å². The zero-order chi connectivity index (χ0) is 12.8. The van der Waals surface area contributed by atoms with E-state index in [9.17, 15) is 8.78 Å². The molecule has 0 radical (unpaired) electrons. The Morgan fingerprint density at radius 3 is 2.29 bits per heavy atom. The van der Waals surface area contributed by atoms with Gasteiger partial charge in [0.05, 0.1) is 0 Å². The lowest BCUT2D eigenvalue weighted by atomic mass is 10.0. The summed E-state index contributed by atoms with van der Waals surface area (Å²) in [6, 6.07) is 7.96. The average molecular weight is 243 g/mol. The van der Waals surface area contributed by atoms with Crippen LogP contribution in [-0.4, -0.2) is 24.2 Å². The van der Waals surface area contributed by atoms with Crippen LogP contribution in [0.4, 0.5) is 8.78 Å². The standard InChI is InChI=1S/C13H19F2NO/c1-3-10-4-6-11(7-5-10)9(2)16-8-12(17)13(14)15/h4-7,9,12-13,16-17H,3,8H2,1-2H3. The van der Waals surface area contributed by atoms with E-state index in [1.807, 2.05) is 31.2 Å². The second-order valence-corrected chi connectivity index (χ2v) is 4.13. The Labute approximate surface area is 101 Å². The normalized spacial score (nSPS) is 14.9. The maximum atomic E-state index is 12.1. The lowest BCUT2D eigenvalue weighted by Gasteiger charge is -2.17. The molecule has 2 nitrogen and oxygen atoms in total. The summed E-state index contributed by atoms with van der Waals surface area (Å²) < 4.78 is 24.2. The molecule has 0 spiro atoms. The van der Waals surface area contributed by atoms with Crippen LogP contribution >= 0.6 is 0 Å². The van der Waals surface area contributed by atoms with Gasteiger partial charge in [-0.3, -0.25) is 0 Å². The summed E-state index contributed by atoms with van der Waals surface area (Å²) in [6.07, 6.45) is -3.32. The van der Waals surface area contributed by atoms with Crippen molar-refractivity contribution in [1.82, 2.24) is 5.32 Å². The Kier molecular flexibility index (Phi) is 5.51. The summed E-state index contributed by atoms with van der Waals surface area (Å²) >= 11 is 0. The third-order valence-electron chi connectivity index (χ3n) is 2.81. The van der Waals surface area contributed by atoms with Gasteiger partial charge in [0.15, 0.2) is 0 Å². The minimum Gasteiger partial charge on any atom is -0.386 e. The minimum absolute atomic E-state index is 0.0469. The van der Waals surface area contributed by atoms with Gasteiger partial charge in [0.1, 0.15) is 6.10 Å². The topological polar surface area (TPSA) is 32.3 Å². The van der Waals surface area contributed by atoms with Gasteiger partial charge in [-0.2, -0.15) is 0 Å². The maximum Gasteiger partial charge on any atom is 0.265 e. The molecule has 0 aliphatic heterocycles. The predicted molar refractivity (Wildman–Crippen MR) is 64.2 cm³/mol. The molecule has 0 saturated heterocycles. The Balaban J connectivity index is 2.48. The van der Waals surface area contributed by atoms with Gasteiger partial charge < -0.3 is 10.4 Å². The van der Waals surface area contributed by atoms with Gasteiger partial charge >= 0.3 is 0 Å². The number of nitrogens with one attached hydrogen (secondary N) is 1. The molecule has 17 heavy (non-hydrogen) atoms. The summed E-state index contributed by atoms with van der Waals surface area (Å²) in [4.78, 5) is 0. The average Bonchev–Trinajstić information content (AvgIpc) is 2.35. The molecule has 2 unspecified atom stereocenters. The first-order valence-electron chi connectivity index (χ1n) is 5.83. The number of benzene rings is 1. The van der Waals surface area contributed by atoms with Crippen LogP contribution in [0, 0.1) is 0 Å². The van der Waals surface area contributed by atoms with Gasteiger partial charge in [-0.25, -0.2) is 8.78 Å². The molecule has 96 valence electrons. The van der Waals surface area contributed by atoms with Crippen molar-refractivity contribution in [2.45, 2.75) is 38.8 Å². The van der Waals surface area contributed by atoms with Crippen LogP contribution in [0.3, 0.4) is 0 Å². The van der Waals surface area contributed by atoms with E-state index in [-0.39, 0.29) is 12.6 Å². The van der Waals surface area contributed by atoms with E-state index in [2.05, 4.69) is 12.2 Å². The van der Waals surface area contributed by atoms with E-state index in [0.717, 1.165) is 12.0 Å². The zero-order valence-corrected chi connectivity index (χ0v) is 10.2. The lowest BCUT2D eigenvalue weighted by molar-refractivity contribution is -0.00439. The van der Waals surface area contributed by atoms with Gasteiger partial charge in [-0.15, -0.1) is 0 Å². The van der Waals surface area contributed by atoms with Crippen LogP contribution in [0.2, 0.25) is 0 Å². The molecule has 1 aromatic carbocycles. The highest BCUT2D eigenvalue weighted by Crippen LogP contribution is 2.14. The Bertz CT molecular complexity index is 327. The molecule has 0 saturated carbocycles. The molecule has 2 N–H and O–H groups in total. The lowest BCUT2D eigenvalue weighted by Crippen LogP contribution is -2.33. The van der Waals surface area contributed by atoms with Crippen molar-refractivity contribution in [3.05, 3.63) is 35.4 Å². The zero-order valence-electron chi connectivity index (χ0n) is 10.2. The van der Waals surface area contributed by atoms with E-state index >= 15 is 0 Å². The molecule has 1 aromatic rings. The van der Waals surface area contributed by atoms with Crippen LogP contribution in [0.15, 0.2) is 24.3 Å². The summed E-state index contributed by atoms with van der Waals surface area (Å²) in [6.45, 7) is 3.86. The number of hydrogen-bond acceptors (Lipinski definition) is 2. The molecule has 4 heteroatoms. The van der Waals surface area contributed by atoms with E-state index in [1.54, 1.807) is 0 Å². The third kappa shape index (κ3) is 4.40. The first kappa shape index (κ1) is 14.1. The monoisotopic (exact) mass is 243 g/mol. The molecule has 0 aliphatic carbocycles. The van der Waals surface area contributed by atoms with Crippen molar-refractivity contribution in [1.29, 1.82) is 0 Å². The van der Waals surface area contributed by atoms with Gasteiger partial charge in [-0.1, -0.05) is 31.2 Å². The Morgan fingerprint density at radius 1 is 1.24 bits per heavy atom. The Morgan fingerprint density at radius 2 is 1.82 bits per heavy atom. The molecule has 0 fully saturated rings. The SMILES string of the molecule is CCc1ccc(C(C)NCC(O)C(F)F)cc1. The number of aliphatic hydroxyl groups is 1. The number of alkyl halides is 2. The number of rotatable bonds is 6. The number of halogens is 2. The molecule has 2 atom stereocenters. The van der Waals surface area contributed by atoms with Crippen molar-refractivity contribution < 1.29 is 13.9 Å². The van der Waals surface area contributed by atoms with Gasteiger partial charge in [0.2, 0.25) is 0 Å². The summed E-state index contributed by atoms with van der Waals surface area (Å²) in [5.74, 6) is 0. The summed E-state index contributed by atoms with van der Waals surface area (Å²) in [5, 5.41) is 11.9. The smallest absolute Gasteiger partial charge is 0.265 e. The van der Waals surface area contributed by atoms with E-state index in [0.29, 0.717) is 0 Å². The molecular formula is C13H19F2NO. The van der Waals surface area contributed by atoms with Crippen LogP contribution in [0.1, 0.15) is 31.0 Å². The van der Waals surface area contributed by atoms with E-state index in [1.165, 1.54) is 5.56 Å². The Hall–Kier alpha value is -1.00. The fourth-order valence-electron chi connectivity index (χ4n) is 1.55. The highest BCUT2D eigenvalue weighted by molar-refractivity contribution is 5.24. The summed E-state index contributed by atoms with van der Waals surface area (Å²) in [7, 11) is 0. The van der Waals surface area contributed by atoms with Crippen molar-refractivity contribution in [2.75, 3.05) is 6.54 Å². The molecule has 0 heterocycles. The molecule has 0 aliphatic rings. The van der Waals surface area contributed by atoms with Crippen LogP contribution in [0.25, 0.3) is 0 Å². The van der Waals surface area contributed by atoms with Crippen LogP contribution in [0.5, 0.6) is 0 Å². The van der Waals surface area contributed by atoms with Gasteiger partial charge in [0, 0.05) is 12.6 Å². The second-order valence-electron chi connectivity index (χ2n) is 4.13. The number of aliphatic hydroxyl groups excluding tert-OH is 1. The van der Waals surface area contributed by atoms with Crippen molar-refractivity contribution >= 4 is 0 Å². The van der Waals surface area contributed by atoms with Crippen molar-refractivity contribution in [2.24, 2.45) is 0 Å². The molecule has 0 amide bonds. The predicted octanol–water partition coefficient (Wildman–Crippen LogP) is 2.53. The quantitative estimate of drug-likeness (QED) is 0.804.